The molecule has 1 N–H and O–H groups in total. The highest BCUT2D eigenvalue weighted by Crippen LogP contribution is 2.32. The standard InChI is InChI=1S/C24H24N2O2/c1-24(15-25,13-16-5-4-6-17(11-16)14-27)18-9-10-20-19-7-2-3-8-21(19)23(28)26-22(20)12-18/h4-6,9-12,21,27H,2-3,7-8,13-14H2,1H3. The second-order valence-corrected chi connectivity index (χ2v) is 8.10. The third-order valence-electron chi connectivity index (χ3n) is 6.10. The Hall–Kier alpha value is -2.77. The highest BCUT2D eigenvalue weighted by Gasteiger charge is 2.31. The first-order valence-corrected chi connectivity index (χ1v) is 9.90. The molecule has 2 unspecified atom stereocenters. The zero-order valence-electron chi connectivity index (χ0n) is 16.1. The van der Waals surface area contributed by atoms with Crippen LogP contribution in [0.25, 0.3) is 5.57 Å². The van der Waals surface area contributed by atoms with Crippen LogP contribution in [0.1, 0.15) is 49.3 Å². The molecule has 2 aliphatic rings. The Morgan fingerprint density at radius 3 is 2.82 bits per heavy atom. The smallest absolute Gasteiger partial charge is 0.253 e. The van der Waals surface area contributed by atoms with E-state index < -0.39 is 5.41 Å². The van der Waals surface area contributed by atoms with Crippen LogP contribution in [-0.4, -0.2) is 11.0 Å². The fraction of sp³-hybridized carbons (Fsp3) is 0.375. The van der Waals surface area contributed by atoms with Crippen molar-refractivity contribution in [3.63, 3.8) is 0 Å². The maximum atomic E-state index is 12.5. The van der Waals surface area contributed by atoms with Gasteiger partial charge in [0.1, 0.15) is 0 Å². The van der Waals surface area contributed by atoms with Crippen molar-refractivity contribution in [2.24, 2.45) is 10.9 Å². The molecule has 2 aromatic rings. The van der Waals surface area contributed by atoms with Crippen LogP contribution in [0.2, 0.25) is 0 Å². The summed E-state index contributed by atoms with van der Waals surface area (Å²) in [6, 6.07) is 16.1. The topological polar surface area (TPSA) is 73.4 Å². The predicted octanol–water partition coefficient (Wildman–Crippen LogP) is 2.70. The zero-order valence-corrected chi connectivity index (χ0v) is 16.1. The van der Waals surface area contributed by atoms with Crippen LogP contribution in [0.15, 0.2) is 47.5 Å². The van der Waals surface area contributed by atoms with E-state index in [1.807, 2.05) is 49.4 Å². The van der Waals surface area contributed by atoms with Gasteiger partial charge in [-0.2, -0.15) is 5.26 Å². The Morgan fingerprint density at radius 1 is 1.21 bits per heavy atom. The van der Waals surface area contributed by atoms with E-state index in [2.05, 4.69) is 11.1 Å². The number of amides is 1. The summed E-state index contributed by atoms with van der Waals surface area (Å²) in [6.45, 7) is 1.90. The second-order valence-electron chi connectivity index (χ2n) is 8.10. The maximum Gasteiger partial charge on any atom is 0.253 e. The molecule has 28 heavy (non-hydrogen) atoms. The van der Waals surface area contributed by atoms with E-state index in [0.29, 0.717) is 11.8 Å². The molecule has 4 rings (SSSR count). The number of rotatable bonds is 4. The summed E-state index contributed by atoms with van der Waals surface area (Å²) in [5.41, 5.74) is 3.19. The van der Waals surface area contributed by atoms with Crippen molar-refractivity contribution in [2.45, 2.75) is 51.0 Å². The average molecular weight is 372 g/mol. The summed E-state index contributed by atoms with van der Waals surface area (Å²) in [7, 11) is 0. The van der Waals surface area contributed by atoms with Crippen LogP contribution >= 0.6 is 0 Å². The van der Waals surface area contributed by atoms with Crippen LogP contribution < -0.4 is 10.6 Å². The lowest BCUT2D eigenvalue weighted by molar-refractivity contribution is -0.120. The largest absolute Gasteiger partial charge is 0.392 e. The van der Waals surface area contributed by atoms with Crippen molar-refractivity contribution in [2.75, 3.05) is 0 Å². The minimum atomic E-state index is -0.740. The van der Waals surface area contributed by atoms with Gasteiger partial charge >= 0.3 is 0 Å². The first-order chi connectivity index (χ1) is 13.5. The molecule has 0 saturated heterocycles. The first kappa shape index (κ1) is 18.6. The van der Waals surface area contributed by atoms with Crippen molar-refractivity contribution in [1.29, 1.82) is 5.26 Å². The molecule has 4 heteroatoms. The molecule has 0 radical (unpaired) electrons. The molecule has 142 valence electrons. The SMILES string of the molecule is CC(C#N)(Cc1cccc(CO)c1)c1ccc2c(c1)=NC(=O)C1CCCCC=21. The molecule has 0 bridgehead atoms. The summed E-state index contributed by atoms with van der Waals surface area (Å²) < 4.78 is 0. The van der Waals surface area contributed by atoms with Crippen LogP contribution in [0.4, 0.5) is 0 Å². The normalized spacial score (nSPS) is 20.4. The summed E-state index contributed by atoms with van der Waals surface area (Å²) >= 11 is 0. The van der Waals surface area contributed by atoms with Crippen molar-refractivity contribution in [3.05, 3.63) is 69.7 Å². The van der Waals surface area contributed by atoms with E-state index >= 15 is 0 Å². The van der Waals surface area contributed by atoms with Crippen molar-refractivity contribution in [1.82, 2.24) is 0 Å². The molecule has 0 spiro atoms. The van der Waals surface area contributed by atoms with Gasteiger partial charge in [0.05, 0.1) is 29.4 Å². The van der Waals surface area contributed by atoms with Gasteiger partial charge in [-0.15, -0.1) is 0 Å². The number of hydrogen-bond donors (Lipinski definition) is 1. The maximum absolute atomic E-state index is 12.5. The van der Waals surface area contributed by atoms with E-state index in [1.165, 1.54) is 5.57 Å². The Labute approximate surface area is 164 Å². The highest BCUT2D eigenvalue weighted by molar-refractivity contribution is 5.90. The molecular formula is C24H24N2O2. The number of hydrogen-bond acceptors (Lipinski definition) is 3. The van der Waals surface area contributed by atoms with Crippen LogP contribution in [0, 0.1) is 17.2 Å². The van der Waals surface area contributed by atoms with Crippen molar-refractivity contribution < 1.29 is 9.90 Å². The van der Waals surface area contributed by atoms with Crippen LogP contribution in [-0.2, 0) is 23.2 Å². The molecule has 2 atom stereocenters. The summed E-state index contributed by atoms with van der Waals surface area (Å²) in [4.78, 5) is 16.9. The monoisotopic (exact) mass is 372 g/mol. The lowest BCUT2D eigenvalue weighted by atomic mass is 9.77. The van der Waals surface area contributed by atoms with E-state index in [9.17, 15) is 15.2 Å². The third kappa shape index (κ3) is 3.27. The fourth-order valence-electron chi connectivity index (χ4n) is 4.50. The van der Waals surface area contributed by atoms with Gasteiger partial charge in [0.25, 0.3) is 5.91 Å². The van der Waals surface area contributed by atoms with Crippen LogP contribution in [0.5, 0.6) is 0 Å². The van der Waals surface area contributed by atoms with Crippen molar-refractivity contribution >= 4 is 11.5 Å². The van der Waals surface area contributed by atoms with E-state index in [1.54, 1.807) is 0 Å². The minimum Gasteiger partial charge on any atom is -0.392 e. The lowest BCUT2D eigenvalue weighted by Gasteiger charge is -2.26. The van der Waals surface area contributed by atoms with E-state index in [0.717, 1.165) is 47.6 Å². The minimum absolute atomic E-state index is 0.0171. The number of benzene rings is 2. The first-order valence-electron chi connectivity index (χ1n) is 9.90. The summed E-state index contributed by atoms with van der Waals surface area (Å²) in [5.74, 6) is -0.0793. The molecule has 1 heterocycles. The third-order valence-corrected chi connectivity index (χ3v) is 6.10. The number of aliphatic hydroxyl groups excluding tert-OH is 1. The molecule has 4 nitrogen and oxygen atoms in total. The fourth-order valence-corrected chi connectivity index (χ4v) is 4.50. The summed E-state index contributed by atoms with van der Waals surface area (Å²) in [6.07, 6.45) is 4.60. The predicted molar refractivity (Wildman–Crippen MR) is 107 cm³/mol. The Bertz CT molecular complexity index is 1100. The molecule has 0 aromatic heterocycles. The number of aliphatic hydroxyl groups is 1. The number of fused-ring (bicyclic) bond motifs is 2. The zero-order chi connectivity index (χ0) is 19.7. The number of nitriles is 1. The Morgan fingerprint density at radius 2 is 2.04 bits per heavy atom. The summed E-state index contributed by atoms with van der Waals surface area (Å²) in [5, 5.41) is 21.1. The molecule has 1 aliphatic heterocycles. The van der Waals surface area contributed by atoms with E-state index in [-0.39, 0.29) is 18.4 Å². The van der Waals surface area contributed by atoms with Gasteiger partial charge in [-0.25, -0.2) is 4.99 Å². The second kappa shape index (κ2) is 7.33. The van der Waals surface area contributed by atoms with Gasteiger partial charge in [-0.1, -0.05) is 42.8 Å². The van der Waals surface area contributed by atoms with Gasteiger partial charge in [-0.05, 0) is 60.9 Å². The molecule has 1 fully saturated rings. The van der Waals surface area contributed by atoms with Gasteiger partial charge in [0.2, 0.25) is 0 Å². The highest BCUT2D eigenvalue weighted by atomic mass is 16.3. The number of nitrogens with zero attached hydrogens (tertiary/aromatic N) is 2. The number of carbonyl (C=O) groups excluding carboxylic acids is 1. The average Bonchev–Trinajstić information content (AvgIpc) is 2.73. The van der Waals surface area contributed by atoms with Gasteiger partial charge in [0.15, 0.2) is 0 Å². The van der Waals surface area contributed by atoms with Gasteiger partial charge < -0.3 is 5.11 Å². The molecular weight excluding hydrogens is 348 g/mol. The molecule has 1 aliphatic carbocycles. The van der Waals surface area contributed by atoms with Crippen molar-refractivity contribution in [3.8, 4) is 6.07 Å². The van der Waals surface area contributed by atoms with Crippen LogP contribution in [0.3, 0.4) is 0 Å². The van der Waals surface area contributed by atoms with E-state index in [4.69, 9.17) is 0 Å². The number of carbonyl (C=O) groups is 1. The Kier molecular flexibility index (Phi) is 4.87. The quantitative estimate of drug-likeness (QED) is 0.897. The molecule has 1 amide bonds. The lowest BCUT2D eigenvalue weighted by Crippen LogP contribution is -2.40. The van der Waals surface area contributed by atoms with Gasteiger partial charge in [-0.3, -0.25) is 4.79 Å². The molecule has 2 aromatic carbocycles. The van der Waals surface area contributed by atoms with Gasteiger partial charge in [0, 0.05) is 5.22 Å². The Balaban J connectivity index is 1.76. The molecule has 1 saturated carbocycles.